The minimum atomic E-state index is -0.183. The first-order chi connectivity index (χ1) is 12.5. The van der Waals surface area contributed by atoms with Gasteiger partial charge in [0.1, 0.15) is 5.82 Å². The Bertz CT molecular complexity index is 951. The molecule has 0 bridgehead atoms. The smallest absolute Gasteiger partial charge is 0.255 e. The Kier molecular flexibility index (Phi) is 5.43. The lowest BCUT2D eigenvalue weighted by Crippen LogP contribution is -2.23. The Morgan fingerprint density at radius 1 is 1.12 bits per heavy atom. The number of nitrogens with one attached hydrogen (secondary N) is 1. The molecule has 0 saturated carbocycles. The van der Waals surface area contributed by atoms with Crippen LogP contribution in [0.1, 0.15) is 29.8 Å². The zero-order chi connectivity index (χ0) is 18.7. The van der Waals surface area contributed by atoms with Gasteiger partial charge in [-0.25, -0.2) is 4.98 Å². The topological polar surface area (TPSA) is 45.2 Å². The molecular formula is C21H22ClN3O. The highest BCUT2D eigenvalue weighted by Crippen LogP contribution is 2.25. The van der Waals surface area contributed by atoms with E-state index in [-0.39, 0.29) is 5.91 Å². The minimum Gasteiger partial charge on any atom is -0.357 e. The fourth-order valence-corrected chi connectivity index (χ4v) is 3.19. The van der Waals surface area contributed by atoms with Gasteiger partial charge in [-0.05, 0) is 68.8 Å². The summed E-state index contributed by atoms with van der Waals surface area (Å²) in [7, 11) is 0. The van der Waals surface area contributed by atoms with E-state index in [1.807, 2.05) is 18.2 Å². The molecule has 0 fully saturated rings. The van der Waals surface area contributed by atoms with E-state index in [1.54, 1.807) is 24.3 Å². The molecule has 4 nitrogen and oxygen atoms in total. The number of pyridine rings is 1. The number of fused-ring (bicyclic) bond motifs is 1. The third-order valence-corrected chi connectivity index (χ3v) is 4.67. The van der Waals surface area contributed by atoms with Crippen LogP contribution in [0.2, 0.25) is 5.02 Å². The van der Waals surface area contributed by atoms with Crippen LogP contribution in [0.15, 0.2) is 48.5 Å². The second-order valence-electron chi connectivity index (χ2n) is 6.17. The molecule has 26 heavy (non-hydrogen) atoms. The predicted octanol–water partition coefficient (Wildman–Crippen LogP) is 5.30. The summed E-state index contributed by atoms with van der Waals surface area (Å²) in [6.45, 7) is 8.16. The SMILES string of the molecule is CCN(CC)c1cc(C)c2cc(NC(=O)c3cccc(Cl)c3)ccc2n1. The number of carbonyl (C=O) groups excluding carboxylic acids is 1. The van der Waals surface area contributed by atoms with Crippen LogP contribution in [-0.4, -0.2) is 24.0 Å². The first kappa shape index (κ1) is 18.2. The summed E-state index contributed by atoms with van der Waals surface area (Å²) in [6.07, 6.45) is 0. The lowest BCUT2D eigenvalue weighted by atomic mass is 10.1. The maximum atomic E-state index is 12.4. The molecule has 0 aliphatic heterocycles. The van der Waals surface area contributed by atoms with Gasteiger partial charge >= 0.3 is 0 Å². The van der Waals surface area contributed by atoms with Crippen molar-refractivity contribution in [3.05, 3.63) is 64.7 Å². The highest BCUT2D eigenvalue weighted by atomic mass is 35.5. The van der Waals surface area contributed by atoms with E-state index in [1.165, 1.54) is 0 Å². The Morgan fingerprint density at radius 2 is 1.88 bits per heavy atom. The van der Waals surface area contributed by atoms with E-state index in [0.29, 0.717) is 10.6 Å². The van der Waals surface area contributed by atoms with Crippen LogP contribution < -0.4 is 10.2 Å². The number of carbonyl (C=O) groups is 1. The van der Waals surface area contributed by atoms with Crippen molar-refractivity contribution >= 4 is 39.9 Å². The van der Waals surface area contributed by atoms with Crippen LogP contribution in [0.3, 0.4) is 0 Å². The molecule has 0 aliphatic carbocycles. The largest absolute Gasteiger partial charge is 0.357 e. The van der Waals surface area contributed by atoms with Gasteiger partial charge in [0.05, 0.1) is 5.52 Å². The second kappa shape index (κ2) is 7.75. The zero-order valence-corrected chi connectivity index (χ0v) is 16.0. The zero-order valence-electron chi connectivity index (χ0n) is 15.2. The van der Waals surface area contributed by atoms with Gasteiger partial charge in [0.2, 0.25) is 0 Å². The van der Waals surface area contributed by atoms with E-state index in [2.05, 4.69) is 37.1 Å². The van der Waals surface area contributed by atoms with Crippen molar-refractivity contribution in [1.82, 2.24) is 4.98 Å². The maximum absolute atomic E-state index is 12.4. The number of benzene rings is 2. The van der Waals surface area contributed by atoms with Gasteiger partial charge < -0.3 is 10.2 Å². The van der Waals surface area contributed by atoms with E-state index in [4.69, 9.17) is 16.6 Å². The number of rotatable bonds is 5. The molecule has 1 N–H and O–H groups in total. The summed E-state index contributed by atoms with van der Waals surface area (Å²) >= 11 is 5.96. The van der Waals surface area contributed by atoms with Crippen molar-refractivity contribution in [2.45, 2.75) is 20.8 Å². The number of aromatic nitrogens is 1. The summed E-state index contributed by atoms with van der Waals surface area (Å²) in [5, 5.41) is 4.50. The molecule has 1 heterocycles. The quantitative estimate of drug-likeness (QED) is 0.666. The van der Waals surface area contributed by atoms with Crippen molar-refractivity contribution in [2.75, 3.05) is 23.3 Å². The molecule has 3 aromatic rings. The number of nitrogens with zero attached hydrogens (tertiary/aromatic N) is 2. The van der Waals surface area contributed by atoms with Crippen molar-refractivity contribution in [2.24, 2.45) is 0 Å². The number of aryl methyl sites for hydroxylation is 1. The Morgan fingerprint density at radius 3 is 2.58 bits per heavy atom. The van der Waals surface area contributed by atoms with Crippen LogP contribution in [-0.2, 0) is 0 Å². The molecule has 0 radical (unpaired) electrons. The van der Waals surface area contributed by atoms with Gasteiger partial charge in [0, 0.05) is 34.7 Å². The summed E-state index contributed by atoms with van der Waals surface area (Å²) in [5.74, 6) is 0.799. The van der Waals surface area contributed by atoms with Crippen molar-refractivity contribution < 1.29 is 4.79 Å². The average molecular weight is 368 g/mol. The van der Waals surface area contributed by atoms with Gasteiger partial charge in [0.15, 0.2) is 0 Å². The first-order valence-electron chi connectivity index (χ1n) is 8.75. The molecule has 0 saturated heterocycles. The molecule has 5 heteroatoms. The number of anilines is 2. The Hall–Kier alpha value is -2.59. The lowest BCUT2D eigenvalue weighted by molar-refractivity contribution is 0.102. The van der Waals surface area contributed by atoms with Crippen molar-refractivity contribution in [3.63, 3.8) is 0 Å². The van der Waals surface area contributed by atoms with Crippen LogP contribution >= 0.6 is 11.6 Å². The van der Waals surface area contributed by atoms with Crippen LogP contribution in [0.5, 0.6) is 0 Å². The Balaban J connectivity index is 1.91. The number of amides is 1. The standard InChI is InChI=1S/C21H22ClN3O/c1-4-25(5-2)20-11-14(3)18-13-17(9-10-19(18)24-20)23-21(26)15-7-6-8-16(22)12-15/h6-13H,4-5H2,1-3H3,(H,23,26). The Labute approximate surface area is 158 Å². The molecule has 1 aromatic heterocycles. The molecule has 0 atom stereocenters. The minimum absolute atomic E-state index is 0.183. The molecule has 0 spiro atoms. The van der Waals surface area contributed by atoms with Crippen molar-refractivity contribution in [3.8, 4) is 0 Å². The third kappa shape index (κ3) is 3.81. The molecule has 0 aliphatic rings. The number of hydrogen-bond acceptors (Lipinski definition) is 3. The predicted molar refractivity (Wildman–Crippen MR) is 109 cm³/mol. The summed E-state index contributed by atoms with van der Waals surface area (Å²) in [6, 6.07) is 14.8. The van der Waals surface area contributed by atoms with Crippen LogP contribution in [0.25, 0.3) is 10.9 Å². The third-order valence-electron chi connectivity index (χ3n) is 4.43. The summed E-state index contributed by atoms with van der Waals surface area (Å²) < 4.78 is 0. The number of halogens is 1. The second-order valence-corrected chi connectivity index (χ2v) is 6.60. The fourth-order valence-electron chi connectivity index (χ4n) is 3.00. The van der Waals surface area contributed by atoms with Gasteiger partial charge in [-0.15, -0.1) is 0 Å². The normalized spacial score (nSPS) is 10.8. The molecule has 0 unspecified atom stereocenters. The van der Waals surface area contributed by atoms with E-state index in [9.17, 15) is 4.79 Å². The number of hydrogen-bond donors (Lipinski definition) is 1. The van der Waals surface area contributed by atoms with E-state index in [0.717, 1.165) is 41.1 Å². The molecular weight excluding hydrogens is 346 g/mol. The fraction of sp³-hybridized carbons (Fsp3) is 0.238. The highest BCUT2D eigenvalue weighted by molar-refractivity contribution is 6.31. The average Bonchev–Trinajstić information content (AvgIpc) is 2.63. The summed E-state index contributed by atoms with van der Waals surface area (Å²) in [4.78, 5) is 19.4. The summed E-state index contributed by atoms with van der Waals surface area (Å²) in [5.41, 5.74) is 3.33. The monoisotopic (exact) mass is 367 g/mol. The van der Waals surface area contributed by atoms with Gasteiger partial charge in [-0.1, -0.05) is 17.7 Å². The molecule has 2 aromatic carbocycles. The van der Waals surface area contributed by atoms with Gasteiger partial charge in [-0.3, -0.25) is 4.79 Å². The molecule has 3 rings (SSSR count). The maximum Gasteiger partial charge on any atom is 0.255 e. The van der Waals surface area contributed by atoms with Crippen LogP contribution in [0.4, 0.5) is 11.5 Å². The van der Waals surface area contributed by atoms with E-state index >= 15 is 0 Å². The van der Waals surface area contributed by atoms with Crippen LogP contribution in [0, 0.1) is 6.92 Å². The molecule has 1 amide bonds. The lowest BCUT2D eigenvalue weighted by Gasteiger charge is -2.21. The highest BCUT2D eigenvalue weighted by Gasteiger charge is 2.10. The van der Waals surface area contributed by atoms with Gasteiger partial charge in [-0.2, -0.15) is 0 Å². The van der Waals surface area contributed by atoms with Crippen molar-refractivity contribution in [1.29, 1.82) is 0 Å². The first-order valence-corrected chi connectivity index (χ1v) is 9.13. The molecule has 134 valence electrons. The van der Waals surface area contributed by atoms with E-state index < -0.39 is 0 Å². The van der Waals surface area contributed by atoms with Gasteiger partial charge in [0.25, 0.3) is 5.91 Å².